The highest BCUT2D eigenvalue weighted by atomic mass is 35.5. The van der Waals surface area contributed by atoms with Gasteiger partial charge in [-0.2, -0.15) is 0 Å². The molecule has 192 valence electrons. The lowest BCUT2D eigenvalue weighted by Crippen LogP contribution is -2.47. The minimum Gasteiger partial charge on any atom is -0.316 e. The highest BCUT2D eigenvalue weighted by Gasteiger charge is 2.53. The van der Waals surface area contributed by atoms with Gasteiger partial charge < -0.3 is 5.32 Å². The quantitative estimate of drug-likeness (QED) is 0.378. The lowest BCUT2D eigenvalue weighted by atomic mass is 9.95. The molecule has 0 spiro atoms. The van der Waals surface area contributed by atoms with Gasteiger partial charge in [-0.25, -0.2) is 16.8 Å². The average molecular weight is 543 g/mol. The van der Waals surface area contributed by atoms with Gasteiger partial charge in [0, 0.05) is 24.7 Å². The molecule has 1 unspecified atom stereocenters. The Morgan fingerprint density at radius 1 is 1.08 bits per heavy atom. The molecule has 0 fully saturated rings. The molecule has 2 aromatic carbocycles. The summed E-state index contributed by atoms with van der Waals surface area (Å²) in [5.74, 6) is -0.715. The summed E-state index contributed by atoms with van der Waals surface area (Å²) >= 11 is 0. The minimum absolute atomic E-state index is 0. The van der Waals surface area contributed by atoms with Crippen LogP contribution in [0.1, 0.15) is 17.5 Å². The zero-order chi connectivity index (χ0) is 25.3. The van der Waals surface area contributed by atoms with Gasteiger partial charge in [0.05, 0.1) is 5.69 Å². The lowest BCUT2D eigenvalue weighted by Gasteiger charge is -2.34. The van der Waals surface area contributed by atoms with E-state index in [0.29, 0.717) is 20.7 Å². The maximum atomic E-state index is 14.7. The van der Waals surface area contributed by atoms with Crippen LogP contribution in [0.4, 0.5) is 17.6 Å². The number of allylic oxidation sites excluding steroid dienone is 2. The Kier molecular flexibility index (Phi) is 8.14. The molecular formula is C25H23ClF4N2O3S. The smallest absolute Gasteiger partial charge is 0.316 e. The lowest BCUT2D eigenvalue weighted by molar-refractivity contribution is -0.343. The van der Waals surface area contributed by atoms with Crippen LogP contribution in [0, 0.1) is 5.82 Å². The van der Waals surface area contributed by atoms with Gasteiger partial charge in [0.1, 0.15) is 5.82 Å². The van der Waals surface area contributed by atoms with E-state index in [9.17, 15) is 26.0 Å². The van der Waals surface area contributed by atoms with E-state index < -0.39 is 33.6 Å². The molecule has 0 radical (unpaired) electrons. The van der Waals surface area contributed by atoms with Crippen LogP contribution in [0.3, 0.4) is 0 Å². The Labute approximate surface area is 212 Å². The van der Waals surface area contributed by atoms with Crippen molar-refractivity contribution >= 4 is 28.0 Å². The second-order valence-corrected chi connectivity index (χ2v) is 10.0. The van der Waals surface area contributed by atoms with Crippen LogP contribution in [0.15, 0.2) is 85.1 Å². The molecule has 0 aliphatic heterocycles. The summed E-state index contributed by atoms with van der Waals surface area (Å²) in [7, 11) is -3.31. The molecule has 0 bridgehead atoms. The normalized spacial score (nSPS) is 18.0. The molecule has 5 nitrogen and oxygen atoms in total. The number of rotatable bonds is 7. The standard InChI is InChI=1S/C25H22F4N2O3S.ClH/c1-30-16-18-14-23(21-11-5-6-12-22(21)26)31(17-18)35(32,33)24(34-25(27,28)29)13-7-10-20(15-24)19-8-3-2-4-9-19;/h2-14,17,30H,15-16H2,1H3;1H. The number of ether oxygens (including phenoxy) is 1. The first-order valence-corrected chi connectivity index (χ1v) is 12.1. The van der Waals surface area contributed by atoms with Crippen molar-refractivity contribution in [1.29, 1.82) is 0 Å². The van der Waals surface area contributed by atoms with Gasteiger partial charge in [-0.1, -0.05) is 54.6 Å². The third kappa shape index (κ3) is 5.41. The van der Waals surface area contributed by atoms with Gasteiger partial charge in [0.2, 0.25) is 4.93 Å². The molecule has 4 rings (SSSR count). The van der Waals surface area contributed by atoms with E-state index >= 15 is 0 Å². The molecule has 1 heterocycles. The molecule has 0 amide bonds. The zero-order valence-corrected chi connectivity index (χ0v) is 20.6. The Hall–Kier alpha value is -2.92. The predicted octanol–water partition coefficient (Wildman–Crippen LogP) is 5.89. The number of nitrogens with zero attached hydrogens (tertiary/aromatic N) is 1. The largest absolute Gasteiger partial charge is 0.524 e. The van der Waals surface area contributed by atoms with Crippen molar-refractivity contribution in [3.05, 3.63) is 102 Å². The number of aromatic nitrogens is 1. The molecule has 36 heavy (non-hydrogen) atoms. The second kappa shape index (κ2) is 10.6. The van der Waals surface area contributed by atoms with E-state index in [1.807, 2.05) is 0 Å². The van der Waals surface area contributed by atoms with Crippen molar-refractivity contribution in [2.24, 2.45) is 0 Å². The highest BCUT2D eigenvalue weighted by molar-refractivity contribution is 7.91. The summed E-state index contributed by atoms with van der Waals surface area (Å²) in [5.41, 5.74) is 1.16. The van der Waals surface area contributed by atoms with Crippen LogP contribution in [-0.4, -0.2) is 30.7 Å². The number of hydrogen-bond donors (Lipinski definition) is 1. The topological polar surface area (TPSA) is 60.3 Å². The first-order valence-electron chi connectivity index (χ1n) is 10.6. The predicted molar refractivity (Wildman–Crippen MR) is 132 cm³/mol. The molecule has 3 aromatic rings. The number of alkyl halides is 3. The molecule has 0 saturated heterocycles. The van der Waals surface area contributed by atoms with Gasteiger partial charge in [0.15, 0.2) is 0 Å². The Morgan fingerprint density at radius 3 is 2.39 bits per heavy atom. The summed E-state index contributed by atoms with van der Waals surface area (Å²) in [6, 6.07) is 15.4. The van der Waals surface area contributed by atoms with Crippen LogP contribution in [0.2, 0.25) is 0 Å². The molecule has 1 atom stereocenters. The summed E-state index contributed by atoms with van der Waals surface area (Å²) in [6.45, 7) is 0.210. The van der Waals surface area contributed by atoms with Crippen molar-refractivity contribution in [2.45, 2.75) is 24.3 Å². The van der Waals surface area contributed by atoms with Crippen LogP contribution in [0.25, 0.3) is 16.8 Å². The molecule has 1 aliphatic carbocycles. The van der Waals surface area contributed by atoms with Crippen molar-refractivity contribution < 1.29 is 30.7 Å². The Balaban J connectivity index is 0.00000361. The molecule has 0 saturated carbocycles. The van der Waals surface area contributed by atoms with E-state index in [1.54, 1.807) is 43.5 Å². The zero-order valence-electron chi connectivity index (χ0n) is 19.0. The van der Waals surface area contributed by atoms with E-state index in [2.05, 4.69) is 10.1 Å². The van der Waals surface area contributed by atoms with Crippen LogP contribution < -0.4 is 5.32 Å². The summed E-state index contributed by atoms with van der Waals surface area (Å²) < 4.78 is 88.7. The van der Waals surface area contributed by atoms with Crippen molar-refractivity contribution in [3.8, 4) is 11.3 Å². The van der Waals surface area contributed by atoms with E-state index in [1.165, 1.54) is 36.5 Å². The second-order valence-electron chi connectivity index (χ2n) is 8.00. The molecule has 1 N–H and O–H groups in total. The fourth-order valence-electron chi connectivity index (χ4n) is 4.07. The Bertz CT molecular complexity index is 1390. The molecule has 1 aliphatic rings. The third-order valence-electron chi connectivity index (χ3n) is 5.59. The maximum absolute atomic E-state index is 14.7. The summed E-state index contributed by atoms with van der Waals surface area (Å²) in [5, 5.41) is 2.86. The van der Waals surface area contributed by atoms with Gasteiger partial charge >= 0.3 is 6.36 Å². The highest BCUT2D eigenvalue weighted by Crippen LogP contribution is 2.43. The number of halogens is 5. The fraction of sp³-hybridized carbons (Fsp3) is 0.200. The average Bonchev–Trinajstić information content (AvgIpc) is 3.24. The molecule has 11 heteroatoms. The van der Waals surface area contributed by atoms with Crippen LogP contribution >= 0.6 is 12.4 Å². The van der Waals surface area contributed by atoms with Gasteiger partial charge in [-0.15, -0.1) is 25.6 Å². The number of benzene rings is 2. The summed E-state index contributed by atoms with van der Waals surface area (Å²) in [4.78, 5) is -2.82. The van der Waals surface area contributed by atoms with Gasteiger partial charge in [-0.05, 0) is 48.0 Å². The Morgan fingerprint density at radius 2 is 1.75 bits per heavy atom. The van der Waals surface area contributed by atoms with Crippen molar-refractivity contribution in [1.82, 2.24) is 9.29 Å². The van der Waals surface area contributed by atoms with Crippen LogP contribution in [-0.2, 0) is 21.3 Å². The van der Waals surface area contributed by atoms with Gasteiger partial charge in [-0.3, -0.25) is 4.74 Å². The fourth-order valence-corrected chi connectivity index (χ4v) is 5.87. The van der Waals surface area contributed by atoms with Crippen LogP contribution in [0.5, 0.6) is 0 Å². The SMILES string of the molecule is CNCc1cc(-c2ccccc2F)n(S(=O)(=O)C2(OC(F)(F)F)C=CC=C(c3ccccc3)C2)c1.Cl. The minimum atomic E-state index is -5.27. The first-order chi connectivity index (χ1) is 16.6. The molecular weight excluding hydrogens is 520 g/mol. The van der Waals surface area contributed by atoms with E-state index in [0.717, 1.165) is 12.1 Å². The molecule has 1 aromatic heterocycles. The van der Waals surface area contributed by atoms with Gasteiger partial charge in [0.25, 0.3) is 10.0 Å². The number of hydrogen-bond acceptors (Lipinski definition) is 4. The van der Waals surface area contributed by atoms with Crippen molar-refractivity contribution in [3.63, 3.8) is 0 Å². The maximum Gasteiger partial charge on any atom is 0.524 e. The van der Waals surface area contributed by atoms with E-state index in [-0.39, 0.29) is 30.2 Å². The van der Waals surface area contributed by atoms with Crippen molar-refractivity contribution in [2.75, 3.05) is 7.05 Å². The van der Waals surface area contributed by atoms with E-state index in [4.69, 9.17) is 0 Å². The first kappa shape index (κ1) is 27.7. The number of nitrogens with one attached hydrogen (secondary N) is 1. The monoisotopic (exact) mass is 542 g/mol. The summed E-state index contributed by atoms with van der Waals surface area (Å²) in [6.07, 6.45) is -1.03. The third-order valence-corrected chi connectivity index (χ3v) is 7.64.